The SMILES string of the molecule is COc1cc(N)c(Cl)cc1C(=O)NCc1nnc(C(C)C)s1. The molecule has 118 valence electrons. The van der Waals surface area contributed by atoms with Gasteiger partial charge in [-0.15, -0.1) is 10.2 Å². The summed E-state index contributed by atoms with van der Waals surface area (Å²) < 4.78 is 5.17. The van der Waals surface area contributed by atoms with Gasteiger partial charge in [0.15, 0.2) is 0 Å². The molecule has 0 aliphatic carbocycles. The predicted octanol–water partition coefficient (Wildman–Crippen LogP) is 2.84. The zero-order chi connectivity index (χ0) is 16.3. The Balaban J connectivity index is 2.10. The molecule has 0 aliphatic heterocycles. The van der Waals surface area contributed by atoms with Gasteiger partial charge in [0.1, 0.15) is 15.8 Å². The van der Waals surface area contributed by atoms with E-state index in [0.717, 1.165) is 10.0 Å². The van der Waals surface area contributed by atoms with Crippen LogP contribution in [0.1, 0.15) is 40.1 Å². The van der Waals surface area contributed by atoms with E-state index in [2.05, 4.69) is 15.5 Å². The van der Waals surface area contributed by atoms with Crippen LogP contribution >= 0.6 is 22.9 Å². The van der Waals surface area contributed by atoms with Crippen molar-refractivity contribution < 1.29 is 9.53 Å². The van der Waals surface area contributed by atoms with Crippen LogP contribution in [0.25, 0.3) is 0 Å². The summed E-state index contributed by atoms with van der Waals surface area (Å²) >= 11 is 7.44. The van der Waals surface area contributed by atoms with Crippen molar-refractivity contribution in [3.05, 3.63) is 32.7 Å². The van der Waals surface area contributed by atoms with Crippen molar-refractivity contribution in [1.29, 1.82) is 0 Å². The van der Waals surface area contributed by atoms with E-state index >= 15 is 0 Å². The second-order valence-corrected chi connectivity index (χ2v) is 6.45. The van der Waals surface area contributed by atoms with E-state index in [9.17, 15) is 4.79 Å². The number of aromatic nitrogens is 2. The number of anilines is 1. The minimum Gasteiger partial charge on any atom is -0.496 e. The smallest absolute Gasteiger partial charge is 0.255 e. The van der Waals surface area contributed by atoms with Crippen LogP contribution in [0.3, 0.4) is 0 Å². The Kier molecular flexibility index (Phi) is 5.20. The third kappa shape index (κ3) is 3.66. The standard InChI is InChI=1S/C14H17ClN4O2S/c1-7(2)14-19-18-12(22-14)6-17-13(20)8-4-9(15)10(16)5-11(8)21-3/h4-5,7H,6,16H2,1-3H3,(H,17,20). The quantitative estimate of drug-likeness (QED) is 0.817. The molecule has 0 saturated heterocycles. The topological polar surface area (TPSA) is 90.1 Å². The van der Waals surface area contributed by atoms with Crippen molar-refractivity contribution in [3.8, 4) is 5.75 Å². The highest BCUT2D eigenvalue weighted by Gasteiger charge is 2.16. The monoisotopic (exact) mass is 340 g/mol. The van der Waals surface area contributed by atoms with Gasteiger partial charge in [-0.1, -0.05) is 36.8 Å². The highest BCUT2D eigenvalue weighted by molar-refractivity contribution is 7.11. The molecule has 2 aromatic rings. The molecule has 0 saturated carbocycles. The van der Waals surface area contributed by atoms with E-state index in [1.165, 1.54) is 30.6 Å². The molecule has 2 rings (SSSR count). The minimum absolute atomic E-state index is 0.300. The fourth-order valence-electron chi connectivity index (χ4n) is 1.74. The van der Waals surface area contributed by atoms with Crippen molar-refractivity contribution in [2.24, 2.45) is 0 Å². The Labute approximate surface area is 137 Å². The van der Waals surface area contributed by atoms with E-state index in [0.29, 0.717) is 34.5 Å². The first-order valence-corrected chi connectivity index (χ1v) is 7.85. The first-order chi connectivity index (χ1) is 10.4. The fourth-order valence-corrected chi connectivity index (χ4v) is 2.69. The molecule has 1 heterocycles. The van der Waals surface area contributed by atoms with Crippen LogP contribution in [0.2, 0.25) is 5.02 Å². The van der Waals surface area contributed by atoms with Gasteiger partial charge in [0.2, 0.25) is 0 Å². The number of hydrogen-bond donors (Lipinski definition) is 2. The lowest BCUT2D eigenvalue weighted by Crippen LogP contribution is -2.23. The van der Waals surface area contributed by atoms with Gasteiger partial charge in [-0.05, 0) is 6.07 Å². The molecule has 0 fully saturated rings. The van der Waals surface area contributed by atoms with Crippen molar-refractivity contribution in [3.63, 3.8) is 0 Å². The molecule has 8 heteroatoms. The molecular weight excluding hydrogens is 324 g/mol. The maximum atomic E-state index is 12.3. The van der Waals surface area contributed by atoms with Gasteiger partial charge in [-0.25, -0.2) is 0 Å². The first kappa shape index (κ1) is 16.5. The number of amides is 1. The summed E-state index contributed by atoms with van der Waals surface area (Å²) in [5.41, 5.74) is 6.39. The number of nitrogens with one attached hydrogen (secondary N) is 1. The van der Waals surface area contributed by atoms with E-state index in [1.807, 2.05) is 13.8 Å². The van der Waals surface area contributed by atoms with Crippen molar-refractivity contribution >= 4 is 34.5 Å². The number of nitrogens with two attached hydrogens (primary N) is 1. The number of hydrogen-bond acceptors (Lipinski definition) is 6. The van der Waals surface area contributed by atoms with Gasteiger partial charge in [-0.3, -0.25) is 4.79 Å². The van der Waals surface area contributed by atoms with Gasteiger partial charge in [0, 0.05) is 12.0 Å². The second-order valence-electron chi connectivity index (χ2n) is 4.95. The number of carbonyl (C=O) groups is 1. The molecule has 0 atom stereocenters. The minimum atomic E-state index is -0.306. The Morgan fingerprint density at radius 3 is 2.77 bits per heavy atom. The lowest BCUT2D eigenvalue weighted by Gasteiger charge is -2.10. The molecule has 3 N–H and O–H groups in total. The largest absolute Gasteiger partial charge is 0.496 e. The van der Waals surface area contributed by atoms with Crippen molar-refractivity contribution in [1.82, 2.24) is 15.5 Å². The number of nitrogen functional groups attached to an aromatic ring is 1. The van der Waals surface area contributed by atoms with Gasteiger partial charge >= 0.3 is 0 Å². The molecule has 1 amide bonds. The van der Waals surface area contributed by atoms with Gasteiger partial charge < -0.3 is 15.8 Å². The Bertz CT molecular complexity index is 687. The Morgan fingerprint density at radius 1 is 1.45 bits per heavy atom. The summed E-state index contributed by atoms with van der Waals surface area (Å²) in [6.07, 6.45) is 0. The molecule has 1 aromatic carbocycles. The average molecular weight is 341 g/mol. The number of benzene rings is 1. The number of nitrogens with zero attached hydrogens (tertiary/aromatic N) is 2. The third-order valence-corrected chi connectivity index (χ3v) is 4.49. The van der Waals surface area contributed by atoms with Crippen LogP contribution in [0.15, 0.2) is 12.1 Å². The molecular formula is C14H17ClN4O2S. The molecule has 0 aliphatic rings. The molecule has 0 spiro atoms. The predicted molar refractivity (Wildman–Crippen MR) is 87.6 cm³/mol. The first-order valence-electron chi connectivity index (χ1n) is 6.65. The summed E-state index contributed by atoms with van der Waals surface area (Å²) in [6, 6.07) is 3.02. The van der Waals surface area contributed by atoms with Gasteiger partial charge in [-0.2, -0.15) is 0 Å². The van der Waals surface area contributed by atoms with E-state index in [1.54, 1.807) is 0 Å². The molecule has 1 aromatic heterocycles. The van der Waals surface area contributed by atoms with E-state index in [-0.39, 0.29) is 5.91 Å². The van der Waals surface area contributed by atoms with Crippen LogP contribution in [0, 0.1) is 0 Å². The van der Waals surface area contributed by atoms with Gasteiger partial charge in [0.25, 0.3) is 5.91 Å². The van der Waals surface area contributed by atoms with Crippen LogP contribution < -0.4 is 15.8 Å². The fraction of sp³-hybridized carbons (Fsp3) is 0.357. The second kappa shape index (κ2) is 6.93. The Morgan fingerprint density at radius 2 is 2.18 bits per heavy atom. The van der Waals surface area contributed by atoms with Crippen LogP contribution in [0.5, 0.6) is 5.75 Å². The van der Waals surface area contributed by atoms with E-state index < -0.39 is 0 Å². The van der Waals surface area contributed by atoms with Gasteiger partial charge in [0.05, 0.1) is 29.9 Å². The number of rotatable bonds is 5. The lowest BCUT2D eigenvalue weighted by atomic mass is 10.1. The number of ether oxygens (including phenoxy) is 1. The summed E-state index contributed by atoms with van der Waals surface area (Å²) in [5.74, 6) is 0.387. The van der Waals surface area contributed by atoms with Crippen molar-refractivity contribution in [2.45, 2.75) is 26.3 Å². The average Bonchev–Trinajstić information content (AvgIpc) is 2.96. The summed E-state index contributed by atoms with van der Waals surface area (Å²) in [4.78, 5) is 12.3. The lowest BCUT2D eigenvalue weighted by molar-refractivity contribution is 0.0948. The highest BCUT2D eigenvalue weighted by atomic mass is 35.5. The zero-order valence-electron chi connectivity index (χ0n) is 12.5. The van der Waals surface area contributed by atoms with Crippen molar-refractivity contribution in [2.75, 3.05) is 12.8 Å². The summed E-state index contributed by atoms with van der Waals surface area (Å²) in [7, 11) is 1.47. The Hall–Kier alpha value is -1.86. The van der Waals surface area contributed by atoms with Crippen LogP contribution in [-0.4, -0.2) is 23.2 Å². The number of methoxy groups -OCH3 is 1. The van der Waals surface area contributed by atoms with Crippen LogP contribution in [-0.2, 0) is 6.54 Å². The molecule has 6 nitrogen and oxygen atoms in total. The maximum absolute atomic E-state index is 12.3. The number of carbonyl (C=O) groups excluding carboxylic acids is 1. The molecule has 22 heavy (non-hydrogen) atoms. The summed E-state index contributed by atoms with van der Waals surface area (Å²) in [5, 5.41) is 12.9. The van der Waals surface area contributed by atoms with E-state index in [4.69, 9.17) is 22.1 Å². The molecule has 0 radical (unpaired) electrons. The molecule has 0 bridgehead atoms. The molecule has 0 unspecified atom stereocenters. The maximum Gasteiger partial charge on any atom is 0.255 e. The summed E-state index contributed by atoms with van der Waals surface area (Å²) in [6.45, 7) is 4.39. The highest BCUT2D eigenvalue weighted by Crippen LogP contribution is 2.28. The van der Waals surface area contributed by atoms with Crippen LogP contribution in [0.4, 0.5) is 5.69 Å². The normalized spacial score (nSPS) is 10.8. The zero-order valence-corrected chi connectivity index (χ0v) is 14.1. The number of halogens is 1. The third-order valence-electron chi connectivity index (χ3n) is 2.94.